The number of fused-ring (bicyclic) bond motifs is 1. The Hall–Kier alpha value is -2.17. The van der Waals surface area contributed by atoms with Gasteiger partial charge in [-0.05, 0) is 37.2 Å². The third-order valence-corrected chi connectivity index (χ3v) is 6.11. The number of aliphatic hydroxyl groups excluding tert-OH is 2. The molecule has 0 saturated heterocycles. The molecule has 3 rings (SSSR count). The van der Waals surface area contributed by atoms with E-state index in [9.17, 15) is 15.0 Å². The van der Waals surface area contributed by atoms with E-state index in [4.69, 9.17) is 0 Å². The van der Waals surface area contributed by atoms with Gasteiger partial charge in [-0.3, -0.25) is 4.79 Å². The predicted octanol–water partition coefficient (Wildman–Crippen LogP) is 3.43. The van der Waals surface area contributed by atoms with Crippen molar-refractivity contribution in [2.24, 2.45) is 17.8 Å². The molecular formula is C25H33NO3. The summed E-state index contributed by atoms with van der Waals surface area (Å²) in [5.41, 5.74) is 3.56. The standard InChI is InChI=1S/C25H33NO3/c1-17-6-4-7-18(12-17)14-21(27)10-11-22-23-15-19(13-20(23)16-24(22)28)8-5-9-25(29)26(2)3/h4-8,10-13,20-24,27-28H,9,14-16H2,1-3H3/t20-,21+,22+,23-,24+/m0/s1. The summed E-state index contributed by atoms with van der Waals surface area (Å²) in [6.07, 6.45) is 11.9. The number of aryl methyl sites for hydroxylation is 1. The number of carbonyl (C=O) groups excluding carboxylic acids is 1. The monoisotopic (exact) mass is 395 g/mol. The number of benzene rings is 1. The van der Waals surface area contributed by atoms with Gasteiger partial charge in [-0.1, -0.05) is 65.8 Å². The average Bonchev–Trinajstić information content (AvgIpc) is 3.16. The van der Waals surface area contributed by atoms with Gasteiger partial charge in [0.25, 0.3) is 0 Å². The van der Waals surface area contributed by atoms with Crippen LogP contribution in [0, 0.1) is 24.7 Å². The first-order valence-electron chi connectivity index (χ1n) is 10.5. The molecule has 0 radical (unpaired) electrons. The van der Waals surface area contributed by atoms with E-state index in [1.165, 1.54) is 11.1 Å². The minimum atomic E-state index is -0.547. The lowest BCUT2D eigenvalue weighted by Crippen LogP contribution is -2.20. The molecule has 2 N–H and O–H groups in total. The lowest BCUT2D eigenvalue weighted by Gasteiger charge is -2.18. The van der Waals surface area contributed by atoms with Gasteiger partial charge in [0, 0.05) is 32.9 Å². The molecule has 2 aliphatic carbocycles. The normalized spacial score (nSPS) is 27.4. The number of carbonyl (C=O) groups is 1. The van der Waals surface area contributed by atoms with E-state index in [1.54, 1.807) is 19.0 Å². The number of allylic oxidation sites excluding steroid dienone is 3. The minimum absolute atomic E-state index is 0.0673. The first-order valence-corrected chi connectivity index (χ1v) is 10.5. The van der Waals surface area contributed by atoms with Crippen molar-refractivity contribution in [1.29, 1.82) is 0 Å². The Morgan fingerprint density at radius 3 is 2.86 bits per heavy atom. The smallest absolute Gasteiger partial charge is 0.225 e. The maximum absolute atomic E-state index is 11.7. The quantitative estimate of drug-likeness (QED) is 0.696. The number of hydrogen-bond acceptors (Lipinski definition) is 3. The Kier molecular flexibility index (Phi) is 7.09. The van der Waals surface area contributed by atoms with E-state index in [2.05, 4.69) is 31.2 Å². The molecule has 4 nitrogen and oxygen atoms in total. The summed E-state index contributed by atoms with van der Waals surface area (Å²) < 4.78 is 0. The van der Waals surface area contributed by atoms with Gasteiger partial charge in [0.1, 0.15) is 0 Å². The lowest BCUT2D eigenvalue weighted by atomic mass is 9.89. The average molecular weight is 396 g/mol. The van der Waals surface area contributed by atoms with Crippen LogP contribution in [0.25, 0.3) is 0 Å². The van der Waals surface area contributed by atoms with Crippen LogP contribution >= 0.6 is 0 Å². The SMILES string of the molecule is Cc1cccc(C[C@H](O)C=C[C@@H]2[C@H]3CC(C=CCC(=O)N(C)C)=C[C@H]3C[C@H]2O)c1. The molecule has 1 aromatic carbocycles. The molecule has 0 aromatic heterocycles. The summed E-state index contributed by atoms with van der Waals surface area (Å²) in [7, 11) is 3.53. The summed E-state index contributed by atoms with van der Waals surface area (Å²) in [6, 6.07) is 8.19. The van der Waals surface area contributed by atoms with Gasteiger partial charge in [-0.25, -0.2) is 0 Å². The summed E-state index contributed by atoms with van der Waals surface area (Å²) in [5.74, 6) is 0.908. The molecule has 29 heavy (non-hydrogen) atoms. The fourth-order valence-corrected chi connectivity index (χ4v) is 4.57. The van der Waals surface area contributed by atoms with Crippen molar-refractivity contribution in [3.63, 3.8) is 0 Å². The van der Waals surface area contributed by atoms with E-state index in [0.29, 0.717) is 24.7 Å². The van der Waals surface area contributed by atoms with Crippen LogP contribution in [0.3, 0.4) is 0 Å². The zero-order valence-electron chi connectivity index (χ0n) is 17.7. The molecule has 5 atom stereocenters. The van der Waals surface area contributed by atoms with Crippen LogP contribution in [-0.4, -0.2) is 47.3 Å². The molecule has 2 aliphatic rings. The van der Waals surface area contributed by atoms with E-state index in [0.717, 1.165) is 18.4 Å². The second kappa shape index (κ2) is 9.55. The Morgan fingerprint density at radius 1 is 1.34 bits per heavy atom. The summed E-state index contributed by atoms with van der Waals surface area (Å²) >= 11 is 0. The maximum atomic E-state index is 11.7. The van der Waals surface area contributed by atoms with Crippen LogP contribution in [0.5, 0.6) is 0 Å². The van der Waals surface area contributed by atoms with Crippen LogP contribution in [0.4, 0.5) is 0 Å². The van der Waals surface area contributed by atoms with Crippen LogP contribution in [0.15, 0.2) is 60.2 Å². The molecule has 4 heteroatoms. The zero-order chi connectivity index (χ0) is 21.0. The van der Waals surface area contributed by atoms with Gasteiger partial charge < -0.3 is 15.1 Å². The number of aliphatic hydroxyl groups is 2. The summed E-state index contributed by atoms with van der Waals surface area (Å²) in [5, 5.41) is 20.9. The van der Waals surface area contributed by atoms with Gasteiger partial charge in [-0.15, -0.1) is 0 Å². The van der Waals surface area contributed by atoms with Gasteiger partial charge in [0.2, 0.25) is 5.91 Å². The first-order chi connectivity index (χ1) is 13.8. The van der Waals surface area contributed by atoms with Crippen molar-refractivity contribution in [3.05, 3.63) is 71.3 Å². The van der Waals surface area contributed by atoms with Gasteiger partial charge in [0.15, 0.2) is 0 Å². The van der Waals surface area contributed by atoms with E-state index >= 15 is 0 Å². The van der Waals surface area contributed by atoms with Crippen LogP contribution < -0.4 is 0 Å². The summed E-state index contributed by atoms with van der Waals surface area (Å²) in [6.45, 7) is 2.05. The molecule has 1 aromatic rings. The van der Waals surface area contributed by atoms with Crippen molar-refractivity contribution in [2.45, 2.75) is 44.8 Å². The molecule has 1 saturated carbocycles. The van der Waals surface area contributed by atoms with Gasteiger partial charge in [0.05, 0.1) is 12.2 Å². The number of amides is 1. The van der Waals surface area contributed by atoms with E-state index in [1.807, 2.05) is 30.4 Å². The number of hydrogen-bond donors (Lipinski definition) is 2. The Labute approximate surface area is 174 Å². The highest BCUT2D eigenvalue weighted by Crippen LogP contribution is 2.47. The minimum Gasteiger partial charge on any atom is -0.392 e. The summed E-state index contributed by atoms with van der Waals surface area (Å²) in [4.78, 5) is 13.3. The van der Waals surface area contributed by atoms with E-state index in [-0.39, 0.29) is 17.9 Å². The highest BCUT2D eigenvalue weighted by Gasteiger charge is 2.42. The van der Waals surface area contributed by atoms with Crippen LogP contribution in [-0.2, 0) is 11.2 Å². The number of nitrogens with zero attached hydrogens (tertiary/aromatic N) is 1. The van der Waals surface area contributed by atoms with Crippen LogP contribution in [0.1, 0.15) is 30.4 Å². The van der Waals surface area contributed by atoms with E-state index < -0.39 is 6.10 Å². The second-order valence-electron chi connectivity index (χ2n) is 8.69. The fraction of sp³-hybridized carbons (Fsp3) is 0.480. The van der Waals surface area contributed by atoms with Crippen molar-refractivity contribution in [3.8, 4) is 0 Å². The van der Waals surface area contributed by atoms with Crippen molar-refractivity contribution in [2.75, 3.05) is 14.1 Å². The molecular weight excluding hydrogens is 362 g/mol. The Bertz CT molecular complexity index is 808. The Balaban J connectivity index is 1.56. The highest BCUT2D eigenvalue weighted by molar-refractivity contribution is 5.77. The zero-order valence-corrected chi connectivity index (χ0v) is 17.7. The molecule has 1 fully saturated rings. The molecule has 0 heterocycles. The third kappa shape index (κ3) is 5.68. The molecule has 156 valence electrons. The van der Waals surface area contributed by atoms with Crippen molar-refractivity contribution < 1.29 is 15.0 Å². The maximum Gasteiger partial charge on any atom is 0.225 e. The predicted molar refractivity (Wildman–Crippen MR) is 116 cm³/mol. The van der Waals surface area contributed by atoms with Gasteiger partial charge >= 0.3 is 0 Å². The Morgan fingerprint density at radius 2 is 2.14 bits per heavy atom. The van der Waals surface area contributed by atoms with Gasteiger partial charge in [-0.2, -0.15) is 0 Å². The highest BCUT2D eigenvalue weighted by atomic mass is 16.3. The fourth-order valence-electron chi connectivity index (χ4n) is 4.57. The molecule has 0 unspecified atom stereocenters. The number of rotatable bonds is 7. The molecule has 0 bridgehead atoms. The molecule has 0 aliphatic heterocycles. The largest absolute Gasteiger partial charge is 0.392 e. The van der Waals surface area contributed by atoms with Crippen molar-refractivity contribution in [1.82, 2.24) is 4.90 Å². The first kappa shape index (κ1) is 21.5. The molecule has 0 spiro atoms. The third-order valence-electron chi connectivity index (χ3n) is 6.11. The second-order valence-corrected chi connectivity index (χ2v) is 8.69. The van der Waals surface area contributed by atoms with Crippen molar-refractivity contribution >= 4 is 5.91 Å². The lowest BCUT2D eigenvalue weighted by molar-refractivity contribution is -0.127. The topological polar surface area (TPSA) is 60.8 Å². The van der Waals surface area contributed by atoms with Crippen LogP contribution in [0.2, 0.25) is 0 Å². The molecule has 1 amide bonds.